The van der Waals surface area contributed by atoms with Crippen LogP contribution in [0.25, 0.3) is 50.5 Å². The Morgan fingerprint density at radius 2 is 1.27 bits per heavy atom. The molecule has 0 unspecified atom stereocenters. The first-order chi connectivity index (χ1) is 22.6. The Morgan fingerprint density at radius 1 is 0.673 bits per heavy atom. The summed E-state index contributed by atoms with van der Waals surface area (Å²) in [6.07, 6.45) is 1.84. The molecular weight excluding hydrogens is 782 g/mol. The summed E-state index contributed by atoms with van der Waals surface area (Å²) in [7, 11) is 0. The molecule has 0 fully saturated rings. The van der Waals surface area contributed by atoms with Crippen LogP contribution in [-0.2, 0) is 31.9 Å². The Labute approximate surface area is 306 Å². The first-order valence-corrected chi connectivity index (χ1v) is 17.1. The normalized spacial score (nSPS) is 12.2. The maximum atomic E-state index is 11.3. The fourth-order valence-electron chi connectivity index (χ4n) is 6.46. The van der Waals surface area contributed by atoms with Crippen LogP contribution in [0, 0.1) is 6.07 Å². The topological polar surface area (TPSA) is 50.9 Å². The van der Waals surface area contributed by atoms with Crippen LogP contribution in [0.2, 0.25) is 0 Å². The molecule has 1 N–H and O–H groups in total. The van der Waals surface area contributed by atoms with E-state index in [1.165, 1.54) is 22.3 Å². The zero-order valence-corrected chi connectivity index (χ0v) is 32.7. The summed E-state index contributed by atoms with van der Waals surface area (Å²) in [5, 5.41) is 11.3. The quantitative estimate of drug-likeness (QED) is 0.170. The van der Waals surface area contributed by atoms with Crippen LogP contribution in [0.1, 0.15) is 103 Å². The third-order valence-corrected chi connectivity index (χ3v) is 9.30. The van der Waals surface area contributed by atoms with E-state index in [4.69, 9.17) is 9.97 Å². The molecule has 0 saturated heterocycles. The van der Waals surface area contributed by atoms with Gasteiger partial charge >= 0.3 is 0 Å². The van der Waals surface area contributed by atoms with E-state index < -0.39 is 0 Å². The minimum Gasteiger partial charge on any atom is -0.507 e. The Bertz CT molecular complexity index is 2090. The largest absolute Gasteiger partial charge is 0.507 e. The second kappa shape index (κ2) is 13.7. The molecule has 0 aliphatic carbocycles. The van der Waals surface area contributed by atoms with Crippen LogP contribution in [-0.4, -0.2) is 19.6 Å². The van der Waals surface area contributed by atoms with Crippen molar-refractivity contribution < 1.29 is 26.2 Å². The van der Waals surface area contributed by atoms with E-state index in [9.17, 15) is 5.11 Å². The van der Waals surface area contributed by atoms with Gasteiger partial charge in [0.25, 0.3) is 0 Å². The maximum Gasteiger partial charge on any atom is 0.148 e. The first kappa shape index (κ1) is 36.3. The molecule has 0 radical (unpaired) electrons. The van der Waals surface area contributed by atoms with Gasteiger partial charge in [0.05, 0.1) is 22.3 Å². The van der Waals surface area contributed by atoms with E-state index in [0.29, 0.717) is 5.56 Å². The van der Waals surface area contributed by atoms with Gasteiger partial charge in [-0.3, -0.25) is 9.55 Å². The molecule has 0 saturated carbocycles. The van der Waals surface area contributed by atoms with Gasteiger partial charge in [-0.25, -0.2) is 4.98 Å². The number of para-hydroxylation sites is 2. The number of imidazole rings is 1. The predicted octanol–water partition coefficient (Wildman–Crippen LogP) is 11.8. The molecule has 2 aromatic heterocycles. The summed E-state index contributed by atoms with van der Waals surface area (Å²) in [6.45, 7) is 22.5. The number of phenols is 1. The van der Waals surface area contributed by atoms with Crippen molar-refractivity contribution in [1.29, 1.82) is 0 Å². The molecule has 256 valence electrons. The van der Waals surface area contributed by atoms with E-state index >= 15 is 0 Å². The number of aromatic hydroxyl groups is 1. The molecule has 0 aliphatic rings. The van der Waals surface area contributed by atoms with E-state index in [-0.39, 0.29) is 49.5 Å². The molecule has 6 aromatic rings. The number of benzene rings is 4. The van der Waals surface area contributed by atoms with Crippen LogP contribution in [0.3, 0.4) is 0 Å². The maximum absolute atomic E-state index is 11.3. The third kappa shape index (κ3) is 7.04. The molecule has 49 heavy (non-hydrogen) atoms. The summed E-state index contributed by atoms with van der Waals surface area (Å²) in [5.41, 5.74) is 12.2. The Hall–Kier alpha value is -4.01. The van der Waals surface area contributed by atoms with Crippen LogP contribution in [0.15, 0.2) is 91.1 Å². The van der Waals surface area contributed by atoms with Crippen molar-refractivity contribution in [3.63, 3.8) is 0 Å². The fraction of sp³-hybridized carbons (Fsp3) is 0.318. The molecule has 0 aliphatic heterocycles. The van der Waals surface area contributed by atoms with Crippen molar-refractivity contribution in [2.45, 2.75) is 91.9 Å². The van der Waals surface area contributed by atoms with E-state index in [0.717, 1.165) is 44.9 Å². The van der Waals surface area contributed by atoms with Gasteiger partial charge in [0, 0.05) is 33.0 Å². The molecule has 5 heteroatoms. The van der Waals surface area contributed by atoms with Gasteiger partial charge in [0.15, 0.2) is 0 Å². The summed E-state index contributed by atoms with van der Waals surface area (Å²) < 4.78 is 2.32. The average Bonchev–Trinajstić information content (AvgIpc) is 3.42. The summed E-state index contributed by atoms with van der Waals surface area (Å²) in [6, 6.07) is 33.1. The van der Waals surface area contributed by atoms with E-state index in [1.807, 2.05) is 42.6 Å². The van der Waals surface area contributed by atoms with Crippen molar-refractivity contribution in [1.82, 2.24) is 14.5 Å². The zero-order chi connectivity index (χ0) is 34.5. The standard InChI is InChI=1S/C44H48N3O.Pt/c1-27(2)33-17-15-18-34(28(3)4)41(33)47-38-26-32(44(8,9)10)25-36(40(38)46-42(47)35-16-11-12-20-39(35)48)29-22-30(37-19-13-14-21-45-37)24-31(23-29)43(5,6)7;/h11-21,23-28,48H,1-10H3;/q-1;. The van der Waals surface area contributed by atoms with Crippen molar-refractivity contribution in [2.24, 2.45) is 0 Å². The first-order valence-electron chi connectivity index (χ1n) is 17.1. The van der Waals surface area contributed by atoms with E-state index in [1.54, 1.807) is 6.07 Å². The predicted molar refractivity (Wildman–Crippen MR) is 201 cm³/mol. The summed E-state index contributed by atoms with van der Waals surface area (Å²) in [4.78, 5) is 10.2. The van der Waals surface area contributed by atoms with E-state index in [2.05, 4.69) is 122 Å². The number of nitrogens with zero attached hydrogens (tertiary/aromatic N) is 3. The Kier molecular flexibility index (Phi) is 10.2. The monoisotopic (exact) mass is 829 g/mol. The van der Waals surface area contributed by atoms with Crippen molar-refractivity contribution in [2.75, 3.05) is 0 Å². The number of aromatic nitrogens is 3. The SMILES string of the molecule is CC(C)c1cccc(C(C)C)c1-n1c(-c2ccccc2O)nc2c(-c3[c-]c(-c4ccccn4)cc(C(C)(C)C)c3)cc(C(C)(C)C)cc21.[Pt]. The molecular formula is C44H48N3OPt-. The molecule has 2 heterocycles. The Balaban J connectivity index is 0.00000468. The van der Waals surface area contributed by atoms with Gasteiger partial charge in [0.1, 0.15) is 11.6 Å². The second-order valence-corrected chi connectivity index (χ2v) is 15.7. The number of hydrogen-bond donors (Lipinski definition) is 1. The molecule has 6 rings (SSSR count). The van der Waals surface area contributed by atoms with Gasteiger partial charge in [-0.05, 0) is 63.6 Å². The average molecular weight is 830 g/mol. The van der Waals surface area contributed by atoms with Gasteiger partial charge in [-0.2, -0.15) is 0 Å². The Morgan fingerprint density at radius 3 is 1.84 bits per heavy atom. The molecule has 0 amide bonds. The number of phenolic OH excluding ortho intramolecular Hbond substituents is 1. The van der Waals surface area contributed by atoms with Crippen LogP contribution >= 0.6 is 0 Å². The van der Waals surface area contributed by atoms with Crippen molar-refractivity contribution >= 4 is 11.0 Å². The zero-order valence-electron chi connectivity index (χ0n) is 30.4. The second-order valence-electron chi connectivity index (χ2n) is 15.7. The minimum atomic E-state index is -0.142. The van der Waals surface area contributed by atoms with Gasteiger partial charge < -0.3 is 5.11 Å². The van der Waals surface area contributed by atoms with Gasteiger partial charge in [-0.15, -0.1) is 29.3 Å². The van der Waals surface area contributed by atoms with Crippen molar-refractivity contribution in [3.8, 4) is 45.2 Å². The summed E-state index contributed by atoms with van der Waals surface area (Å²) >= 11 is 0. The van der Waals surface area contributed by atoms with Crippen molar-refractivity contribution in [3.05, 3.63) is 119 Å². The number of hydrogen-bond acceptors (Lipinski definition) is 3. The number of fused-ring (bicyclic) bond motifs is 1. The number of rotatable bonds is 6. The molecule has 4 nitrogen and oxygen atoms in total. The third-order valence-electron chi connectivity index (χ3n) is 9.30. The smallest absolute Gasteiger partial charge is 0.148 e. The van der Waals surface area contributed by atoms with Gasteiger partial charge in [-0.1, -0.05) is 129 Å². The van der Waals surface area contributed by atoms with Gasteiger partial charge in [0.2, 0.25) is 0 Å². The molecule has 0 bridgehead atoms. The van der Waals surface area contributed by atoms with Crippen LogP contribution in [0.4, 0.5) is 0 Å². The molecule has 4 aromatic carbocycles. The summed E-state index contributed by atoms with van der Waals surface area (Å²) in [5.74, 6) is 1.48. The molecule has 0 spiro atoms. The van der Waals surface area contributed by atoms with Crippen LogP contribution < -0.4 is 0 Å². The fourth-order valence-corrected chi connectivity index (χ4v) is 6.46. The molecule has 0 atom stereocenters. The number of pyridine rings is 1. The minimum absolute atomic E-state index is 0. The van der Waals surface area contributed by atoms with Crippen LogP contribution in [0.5, 0.6) is 5.75 Å².